The Bertz CT molecular complexity index is 720. The second-order valence-electron chi connectivity index (χ2n) is 7.16. The number of carbonyl (C=O) groups excluding carboxylic acids is 1. The first-order valence-electron chi connectivity index (χ1n) is 9.20. The number of ether oxygens (including phenoxy) is 1. The number of hydrogen-bond donors (Lipinski definition) is 0. The summed E-state index contributed by atoms with van der Waals surface area (Å²) in [6, 6.07) is 10.3. The van der Waals surface area contributed by atoms with Crippen molar-refractivity contribution in [1.82, 2.24) is 14.5 Å². The first-order chi connectivity index (χ1) is 12.2. The highest BCUT2D eigenvalue weighted by Crippen LogP contribution is 2.36. The Labute approximate surface area is 148 Å². The Morgan fingerprint density at radius 1 is 1.12 bits per heavy atom. The number of amides is 1. The van der Waals surface area contributed by atoms with Crippen LogP contribution in [0.15, 0.2) is 42.7 Å². The highest BCUT2D eigenvalue weighted by Gasteiger charge is 2.38. The van der Waals surface area contributed by atoms with Gasteiger partial charge in [-0.05, 0) is 31.2 Å². The highest BCUT2D eigenvalue weighted by atomic mass is 16.5. The van der Waals surface area contributed by atoms with E-state index in [4.69, 9.17) is 4.74 Å². The van der Waals surface area contributed by atoms with E-state index < -0.39 is 0 Å². The predicted molar refractivity (Wildman–Crippen MR) is 95.0 cm³/mol. The Balaban J connectivity index is 1.45. The van der Waals surface area contributed by atoms with E-state index >= 15 is 0 Å². The van der Waals surface area contributed by atoms with Crippen LogP contribution in [0.3, 0.4) is 0 Å². The van der Waals surface area contributed by atoms with Gasteiger partial charge in [-0.15, -0.1) is 0 Å². The van der Waals surface area contributed by atoms with E-state index in [0.717, 1.165) is 51.2 Å². The third kappa shape index (κ3) is 3.61. The van der Waals surface area contributed by atoms with Crippen LogP contribution in [-0.4, -0.2) is 39.1 Å². The number of hydrogen-bond acceptors (Lipinski definition) is 3. The maximum atomic E-state index is 12.6. The first kappa shape index (κ1) is 16.3. The molecule has 1 aromatic carbocycles. The van der Waals surface area contributed by atoms with Gasteiger partial charge in [0.1, 0.15) is 5.82 Å². The van der Waals surface area contributed by atoms with Crippen LogP contribution in [0.1, 0.15) is 43.5 Å². The first-order valence-corrected chi connectivity index (χ1v) is 9.20. The fraction of sp³-hybridized carbons (Fsp3) is 0.500. The van der Waals surface area contributed by atoms with Gasteiger partial charge in [-0.2, -0.15) is 0 Å². The third-order valence-electron chi connectivity index (χ3n) is 5.50. The zero-order valence-electron chi connectivity index (χ0n) is 14.6. The average molecular weight is 339 g/mol. The molecule has 1 atom stereocenters. The number of rotatable bonds is 4. The summed E-state index contributed by atoms with van der Waals surface area (Å²) in [5, 5.41) is 0. The minimum Gasteiger partial charge on any atom is -0.375 e. The molecule has 2 aliphatic heterocycles. The molecule has 2 saturated heterocycles. The van der Waals surface area contributed by atoms with E-state index in [1.807, 2.05) is 35.5 Å². The fourth-order valence-electron chi connectivity index (χ4n) is 3.98. The molecule has 0 aliphatic carbocycles. The van der Waals surface area contributed by atoms with Crippen molar-refractivity contribution >= 4 is 5.91 Å². The lowest BCUT2D eigenvalue weighted by atomic mass is 9.92. The SMILES string of the molecule is O=C1CC[C@]2(CCCO2)CCN1Cc1nccn1Cc1ccccc1. The average Bonchev–Trinajstić information content (AvgIpc) is 3.24. The number of benzene rings is 1. The van der Waals surface area contributed by atoms with Gasteiger partial charge >= 0.3 is 0 Å². The van der Waals surface area contributed by atoms with Crippen molar-refractivity contribution in [2.75, 3.05) is 13.2 Å². The number of likely N-dealkylation sites (tertiary alicyclic amines) is 1. The molecule has 0 bridgehead atoms. The van der Waals surface area contributed by atoms with Gasteiger partial charge in [-0.25, -0.2) is 4.98 Å². The normalized spacial score (nSPS) is 24.0. The van der Waals surface area contributed by atoms with Crippen LogP contribution in [0.5, 0.6) is 0 Å². The van der Waals surface area contributed by atoms with Crippen LogP contribution < -0.4 is 0 Å². The van der Waals surface area contributed by atoms with Crippen molar-refractivity contribution < 1.29 is 9.53 Å². The minimum absolute atomic E-state index is 0.0517. The summed E-state index contributed by atoms with van der Waals surface area (Å²) >= 11 is 0. The summed E-state index contributed by atoms with van der Waals surface area (Å²) < 4.78 is 8.13. The largest absolute Gasteiger partial charge is 0.375 e. The van der Waals surface area contributed by atoms with Crippen molar-refractivity contribution in [2.45, 2.75) is 50.8 Å². The summed E-state index contributed by atoms with van der Waals surface area (Å²) in [5.41, 5.74) is 1.19. The Kier molecular flexibility index (Phi) is 4.57. The molecule has 5 heteroatoms. The van der Waals surface area contributed by atoms with Crippen LogP contribution in [0.25, 0.3) is 0 Å². The van der Waals surface area contributed by atoms with Gasteiger partial charge in [0.15, 0.2) is 0 Å². The molecule has 1 amide bonds. The van der Waals surface area contributed by atoms with Crippen molar-refractivity contribution in [1.29, 1.82) is 0 Å². The summed E-state index contributed by atoms with van der Waals surface area (Å²) in [6.45, 7) is 2.96. The molecule has 1 spiro atoms. The highest BCUT2D eigenvalue weighted by molar-refractivity contribution is 5.76. The molecule has 0 saturated carbocycles. The molecule has 2 aromatic rings. The van der Waals surface area contributed by atoms with E-state index in [2.05, 4.69) is 21.7 Å². The molecule has 1 aromatic heterocycles. The molecular weight excluding hydrogens is 314 g/mol. The maximum absolute atomic E-state index is 12.6. The lowest BCUT2D eigenvalue weighted by Crippen LogP contribution is -2.32. The van der Waals surface area contributed by atoms with Gasteiger partial charge in [0, 0.05) is 38.5 Å². The van der Waals surface area contributed by atoms with E-state index in [1.165, 1.54) is 5.56 Å². The molecule has 0 radical (unpaired) electrons. The summed E-state index contributed by atoms with van der Waals surface area (Å²) in [4.78, 5) is 19.0. The van der Waals surface area contributed by atoms with Gasteiger partial charge < -0.3 is 14.2 Å². The zero-order chi connectivity index (χ0) is 17.1. The molecule has 5 nitrogen and oxygen atoms in total. The molecule has 25 heavy (non-hydrogen) atoms. The van der Waals surface area contributed by atoms with Gasteiger partial charge in [0.2, 0.25) is 5.91 Å². The summed E-state index contributed by atoms with van der Waals surface area (Å²) in [5.74, 6) is 1.17. The van der Waals surface area contributed by atoms with Crippen molar-refractivity contribution in [3.8, 4) is 0 Å². The topological polar surface area (TPSA) is 47.4 Å². The smallest absolute Gasteiger partial charge is 0.223 e. The van der Waals surface area contributed by atoms with E-state index in [1.54, 1.807) is 0 Å². The van der Waals surface area contributed by atoms with Crippen molar-refractivity contribution in [3.05, 3.63) is 54.1 Å². The fourth-order valence-corrected chi connectivity index (χ4v) is 3.98. The van der Waals surface area contributed by atoms with Crippen molar-refractivity contribution in [3.63, 3.8) is 0 Å². The van der Waals surface area contributed by atoms with Gasteiger partial charge in [0.05, 0.1) is 12.1 Å². The molecule has 2 fully saturated rings. The van der Waals surface area contributed by atoms with Gasteiger partial charge in [-0.3, -0.25) is 4.79 Å². The monoisotopic (exact) mass is 339 g/mol. The van der Waals surface area contributed by atoms with Crippen LogP contribution in [-0.2, 0) is 22.6 Å². The Morgan fingerprint density at radius 2 is 2.00 bits per heavy atom. The lowest BCUT2D eigenvalue weighted by Gasteiger charge is -2.26. The van der Waals surface area contributed by atoms with Gasteiger partial charge in [0.25, 0.3) is 0 Å². The third-order valence-corrected chi connectivity index (χ3v) is 5.50. The molecule has 0 unspecified atom stereocenters. The van der Waals surface area contributed by atoms with Crippen LogP contribution >= 0.6 is 0 Å². The summed E-state index contributed by atoms with van der Waals surface area (Å²) in [7, 11) is 0. The molecule has 132 valence electrons. The number of aromatic nitrogens is 2. The molecular formula is C20H25N3O2. The number of imidazole rings is 1. The van der Waals surface area contributed by atoms with E-state index in [0.29, 0.717) is 13.0 Å². The number of nitrogens with zero attached hydrogens (tertiary/aromatic N) is 3. The van der Waals surface area contributed by atoms with Crippen molar-refractivity contribution in [2.24, 2.45) is 0 Å². The Morgan fingerprint density at radius 3 is 2.80 bits per heavy atom. The zero-order valence-corrected chi connectivity index (χ0v) is 14.6. The molecule has 4 rings (SSSR count). The van der Waals surface area contributed by atoms with Crippen LogP contribution in [0.2, 0.25) is 0 Å². The van der Waals surface area contributed by atoms with Crippen LogP contribution in [0.4, 0.5) is 0 Å². The second kappa shape index (κ2) is 7.00. The lowest BCUT2D eigenvalue weighted by molar-refractivity contribution is -0.131. The maximum Gasteiger partial charge on any atom is 0.223 e. The second-order valence-corrected chi connectivity index (χ2v) is 7.16. The quantitative estimate of drug-likeness (QED) is 0.860. The standard InChI is InChI=1S/C20H25N3O2/c24-19-7-9-20(8-4-14-25-20)10-12-23(19)16-18-21-11-13-22(18)15-17-5-2-1-3-6-17/h1-3,5-6,11,13H,4,7-10,12,14-16H2/t20-/m1/s1. The van der Waals surface area contributed by atoms with E-state index in [-0.39, 0.29) is 11.5 Å². The van der Waals surface area contributed by atoms with E-state index in [9.17, 15) is 4.79 Å². The molecule has 0 N–H and O–H groups in total. The van der Waals surface area contributed by atoms with Crippen LogP contribution in [0, 0.1) is 0 Å². The van der Waals surface area contributed by atoms with Gasteiger partial charge in [-0.1, -0.05) is 30.3 Å². The Hall–Kier alpha value is -2.14. The predicted octanol–water partition coefficient (Wildman–Crippen LogP) is 2.99. The number of carbonyl (C=O) groups is 1. The molecule has 3 heterocycles. The minimum atomic E-state index is -0.0517. The molecule has 2 aliphatic rings. The summed E-state index contributed by atoms with van der Waals surface area (Å²) in [6.07, 6.45) is 8.42.